The van der Waals surface area contributed by atoms with Crippen LogP contribution in [0.4, 0.5) is 5.69 Å². The predicted molar refractivity (Wildman–Crippen MR) is 97.1 cm³/mol. The molecule has 0 spiro atoms. The second kappa shape index (κ2) is 7.36. The zero-order chi connectivity index (χ0) is 16.9. The Morgan fingerprint density at radius 1 is 1.12 bits per heavy atom. The van der Waals surface area contributed by atoms with Crippen LogP contribution in [0.25, 0.3) is 11.3 Å². The molecule has 0 saturated heterocycles. The maximum Gasteiger partial charge on any atom is 0.237 e. The van der Waals surface area contributed by atoms with E-state index in [9.17, 15) is 4.79 Å². The number of thioether (sulfide) groups is 1. The molecule has 0 radical (unpaired) electrons. The molecule has 0 aliphatic carbocycles. The highest BCUT2D eigenvalue weighted by molar-refractivity contribution is 8.00. The molecule has 4 nitrogen and oxygen atoms in total. The van der Waals surface area contributed by atoms with Gasteiger partial charge in [-0.3, -0.25) is 4.79 Å². The zero-order valence-corrected chi connectivity index (χ0v) is 14.3. The number of carbonyl (C=O) groups is 1. The Bertz CT molecular complexity index is 796. The lowest BCUT2D eigenvalue weighted by Crippen LogP contribution is -2.22. The van der Waals surface area contributed by atoms with E-state index in [-0.39, 0.29) is 11.2 Å². The van der Waals surface area contributed by atoms with Gasteiger partial charge in [-0.2, -0.15) is 0 Å². The van der Waals surface area contributed by atoms with Gasteiger partial charge in [-0.1, -0.05) is 17.7 Å². The lowest BCUT2D eigenvalue weighted by Gasteiger charge is -2.12. The van der Waals surface area contributed by atoms with Crippen LogP contribution in [0.3, 0.4) is 0 Å². The van der Waals surface area contributed by atoms with Gasteiger partial charge in [0.2, 0.25) is 5.91 Å². The molecule has 3 aromatic rings. The Morgan fingerprint density at radius 2 is 1.83 bits per heavy atom. The van der Waals surface area contributed by atoms with Crippen molar-refractivity contribution in [1.82, 2.24) is 4.98 Å². The first-order chi connectivity index (χ1) is 11.6. The number of hydrogen-bond donors (Lipinski definition) is 1. The number of aromatic nitrogens is 1. The maximum atomic E-state index is 12.3. The standard InChI is InChI=1S/C19H18N2O2S/c1-13-3-9-17(10-4-13)24-14(2)19(22)21-16-7-5-15(6-8-16)18-11-20-12-23-18/h3-12,14H,1-2H3,(H,21,22). The van der Waals surface area contributed by atoms with Crippen LogP contribution in [0.5, 0.6) is 0 Å². The number of hydrogen-bond acceptors (Lipinski definition) is 4. The van der Waals surface area contributed by atoms with E-state index < -0.39 is 0 Å². The summed E-state index contributed by atoms with van der Waals surface area (Å²) in [5.41, 5.74) is 2.90. The molecular formula is C19H18N2O2S. The average molecular weight is 338 g/mol. The molecule has 2 aromatic carbocycles. The normalized spacial score (nSPS) is 11.9. The topological polar surface area (TPSA) is 55.1 Å². The Kier molecular flexibility index (Phi) is 5.01. The Labute approximate surface area is 145 Å². The lowest BCUT2D eigenvalue weighted by molar-refractivity contribution is -0.115. The van der Waals surface area contributed by atoms with Crippen molar-refractivity contribution < 1.29 is 9.21 Å². The fourth-order valence-corrected chi connectivity index (χ4v) is 3.06. The fourth-order valence-electron chi connectivity index (χ4n) is 2.19. The fraction of sp³-hybridized carbons (Fsp3) is 0.158. The summed E-state index contributed by atoms with van der Waals surface area (Å²) < 4.78 is 5.25. The molecule has 0 fully saturated rings. The van der Waals surface area contributed by atoms with Crippen molar-refractivity contribution in [3.8, 4) is 11.3 Å². The average Bonchev–Trinajstić information content (AvgIpc) is 3.12. The molecule has 0 aliphatic heterocycles. The van der Waals surface area contributed by atoms with Crippen LogP contribution in [0.2, 0.25) is 0 Å². The number of amides is 1. The molecule has 0 bridgehead atoms. The molecule has 1 atom stereocenters. The van der Waals surface area contributed by atoms with Crippen molar-refractivity contribution in [2.24, 2.45) is 0 Å². The lowest BCUT2D eigenvalue weighted by atomic mass is 10.1. The van der Waals surface area contributed by atoms with Crippen molar-refractivity contribution >= 4 is 23.4 Å². The molecule has 1 aromatic heterocycles. The minimum Gasteiger partial charge on any atom is -0.444 e. The molecule has 0 aliphatic rings. The summed E-state index contributed by atoms with van der Waals surface area (Å²) in [5.74, 6) is 0.684. The van der Waals surface area contributed by atoms with Crippen LogP contribution in [0.1, 0.15) is 12.5 Å². The van der Waals surface area contributed by atoms with E-state index in [1.807, 2.05) is 50.2 Å². The Balaban J connectivity index is 1.60. The monoisotopic (exact) mass is 338 g/mol. The first-order valence-corrected chi connectivity index (χ1v) is 8.53. The van der Waals surface area contributed by atoms with Crippen molar-refractivity contribution in [3.05, 3.63) is 66.7 Å². The summed E-state index contributed by atoms with van der Waals surface area (Å²) in [5, 5.41) is 2.76. The van der Waals surface area contributed by atoms with E-state index in [2.05, 4.69) is 22.4 Å². The van der Waals surface area contributed by atoms with Crippen molar-refractivity contribution in [2.75, 3.05) is 5.32 Å². The van der Waals surface area contributed by atoms with Gasteiger partial charge in [0, 0.05) is 16.1 Å². The molecule has 122 valence electrons. The third-order valence-corrected chi connectivity index (χ3v) is 4.68. The highest BCUT2D eigenvalue weighted by atomic mass is 32.2. The van der Waals surface area contributed by atoms with Crippen molar-refractivity contribution in [3.63, 3.8) is 0 Å². The number of carbonyl (C=O) groups excluding carboxylic acids is 1. The van der Waals surface area contributed by atoms with Crippen LogP contribution < -0.4 is 5.32 Å². The first kappa shape index (κ1) is 16.3. The first-order valence-electron chi connectivity index (χ1n) is 7.65. The van der Waals surface area contributed by atoms with Gasteiger partial charge >= 0.3 is 0 Å². The minimum absolute atomic E-state index is 0.0204. The summed E-state index contributed by atoms with van der Waals surface area (Å²) in [4.78, 5) is 17.3. The smallest absolute Gasteiger partial charge is 0.237 e. The quantitative estimate of drug-likeness (QED) is 0.681. The zero-order valence-electron chi connectivity index (χ0n) is 13.5. The summed E-state index contributed by atoms with van der Waals surface area (Å²) in [6, 6.07) is 15.7. The number of oxazole rings is 1. The number of nitrogens with zero attached hydrogens (tertiary/aromatic N) is 1. The van der Waals surface area contributed by atoms with Crippen LogP contribution >= 0.6 is 11.8 Å². The molecular weight excluding hydrogens is 320 g/mol. The molecule has 3 rings (SSSR count). The van der Waals surface area contributed by atoms with E-state index in [4.69, 9.17) is 4.42 Å². The third kappa shape index (κ3) is 4.06. The largest absolute Gasteiger partial charge is 0.444 e. The van der Waals surface area contributed by atoms with Crippen LogP contribution in [0.15, 0.2) is 70.4 Å². The van der Waals surface area contributed by atoms with E-state index in [1.54, 1.807) is 18.0 Å². The van der Waals surface area contributed by atoms with Crippen molar-refractivity contribution in [1.29, 1.82) is 0 Å². The number of aryl methyl sites for hydroxylation is 1. The van der Waals surface area contributed by atoms with Crippen LogP contribution in [0, 0.1) is 6.92 Å². The summed E-state index contributed by atoms with van der Waals surface area (Å²) in [7, 11) is 0. The Morgan fingerprint density at radius 3 is 2.46 bits per heavy atom. The van der Waals surface area contributed by atoms with Crippen LogP contribution in [-0.4, -0.2) is 16.1 Å². The number of rotatable bonds is 5. The number of nitrogens with one attached hydrogen (secondary N) is 1. The molecule has 1 heterocycles. The van der Waals surface area contributed by atoms with Gasteiger partial charge in [0.25, 0.3) is 0 Å². The summed E-state index contributed by atoms with van der Waals surface area (Å²) >= 11 is 1.55. The molecule has 1 N–H and O–H groups in total. The molecule has 0 saturated carbocycles. The Hall–Kier alpha value is -2.53. The van der Waals surface area contributed by atoms with E-state index in [1.165, 1.54) is 12.0 Å². The SMILES string of the molecule is Cc1ccc(SC(C)C(=O)Nc2ccc(-c3cnco3)cc2)cc1. The second-order valence-corrected chi connectivity index (χ2v) is 6.92. The van der Waals surface area contributed by atoms with E-state index in [0.29, 0.717) is 5.76 Å². The van der Waals surface area contributed by atoms with E-state index >= 15 is 0 Å². The van der Waals surface area contributed by atoms with Crippen LogP contribution in [-0.2, 0) is 4.79 Å². The van der Waals surface area contributed by atoms with Gasteiger partial charge in [-0.15, -0.1) is 11.8 Å². The van der Waals surface area contributed by atoms with Gasteiger partial charge in [0.1, 0.15) is 0 Å². The third-order valence-electron chi connectivity index (χ3n) is 3.57. The molecule has 1 unspecified atom stereocenters. The molecule has 5 heteroatoms. The molecule has 1 amide bonds. The highest BCUT2D eigenvalue weighted by Crippen LogP contribution is 2.25. The van der Waals surface area contributed by atoms with Gasteiger partial charge in [-0.25, -0.2) is 4.98 Å². The van der Waals surface area contributed by atoms with E-state index in [0.717, 1.165) is 16.1 Å². The van der Waals surface area contributed by atoms with Gasteiger partial charge in [0.15, 0.2) is 12.2 Å². The second-order valence-electron chi connectivity index (χ2n) is 5.51. The number of benzene rings is 2. The van der Waals surface area contributed by atoms with Crippen molar-refractivity contribution in [2.45, 2.75) is 24.0 Å². The minimum atomic E-state index is -0.179. The summed E-state index contributed by atoms with van der Waals surface area (Å²) in [6.45, 7) is 3.95. The number of anilines is 1. The van der Waals surface area contributed by atoms with Gasteiger partial charge in [-0.05, 0) is 50.2 Å². The highest BCUT2D eigenvalue weighted by Gasteiger charge is 2.14. The van der Waals surface area contributed by atoms with Gasteiger partial charge in [0.05, 0.1) is 11.4 Å². The maximum absolute atomic E-state index is 12.3. The van der Waals surface area contributed by atoms with Gasteiger partial charge < -0.3 is 9.73 Å². The predicted octanol–water partition coefficient (Wildman–Crippen LogP) is 4.77. The summed E-state index contributed by atoms with van der Waals surface area (Å²) in [6.07, 6.45) is 3.06. The molecule has 24 heavy (non-hydrogen) atoms.